The number of hydrogen-bond donors (Lipinski definition) is 0. The standard InChI is InChI=1S/C18H20O4/c1-14(19)21-12-18(13-22-15(2)20)10-8-17(9-11-18)16-6-4-3-5-7-16/h3-10H,11-13H2,1-2H3. The smallest absolute Gasteiger partial charge is 0.302 e. The lowest BCUT2D eigenvalue weighted by atomic mass is 9.80. The Morgan fingerprint density at radius 3 is 2.09 bits per heavy atom. The Bertz CT molecular complexity index is 581. The summed E-state index contributed by atoms with van der Waals surface area (Å²) in [7, 11) is 0. The molecule has 116 valence electrons. The number of benzene rings is 1. The number of ether oxygens (including phenoxy) is 2. The molecule has 0 saturated heterocycles. The van der Waals surface area contributed by atoms with E-state index in [2.05, 4.69) is 6.08 Å². The Balaban J connectivity index is 2.12. The molecule has 1 aliphatic carbocycles. The van der Waals surface area contributed by atoms with E-state index in [1.54, 1.807) is 0 Å². The fraction of sp³-hybridized carbons (Fsp3) is 0.333. The van der Waals surface area contributed by atoms with Crippen LogP contribution in [0.25, 0.3) is 5.57 Å². The maximum absolute atomic E-state index is 11.1. The van der Waals surface area contributed by atoms with Crippen LogP contribution in [0.4, 0.5) is 0 Å². The van der Waals surface area contributed by atoms with E-state index >= 15 is 0 Å². The number of rotatable bonds is 5. The second-order valence-electron chi connectivity index (χ2n) is 5.49. The Morgan fingerprint density at radius 1 is 1.05 bits per heavy atom. The van der Waals surface area contributed by atoms with Crippen LogP contribution < -0.4 is 0 Å². The minimum absolute atomic E-state index is 0.199. The molecule has 22 heavy (non-hydrogen) atoms. The van der Waals surface area contributed by atoms with Gasteiger partial charge < -0.3 is 9.47 Å². The van der Waals surface area contributed by atoms with E-state index in [0.717, 1.165) is 11.1 Å². The zero-order chi connectivity index (χ0) is 16.0. The van der Waals surface area contributed by atoms with Crippen LogP contribution in [0, 0.1) is 5.41 Å². The first-order valence-corrected chi connectivity index (χ1v) is 7.22. The summed E-state index contributed by atoms with van der Waals surface area (Å²) in [5, 5.41) is 0. The van der Waals surface area contributed by atoms with Gasteiger partial charge in [-0.1, -0.05) is 48.6 Å². The molecule has 0 amide bonds. The topological polar surface area (TPSA) is 52.6 Å². The van der Waals surface area contributed by atoms with Crippen LogP contribution in [0.1, 0.15) is 25.8 Å². The van der Waals surface area contributed by atoms with Crippen LogP contribution in [-0.2, 0) is 19.1 Å². The number of hydrogen-bond acceptors (Lipinski definition) is 4. The first-order valence-electron chi connectivity index (χ1n) is 7.22. The molecular weight excluding hydrogens is 280 g/mol. The van der Waals surface area contributed by atoms with Gasteiger partial charge in [-0.15, -0.1) is 0 Å². The maximum Gasteiger partial charge on any atom is 0.302 e. The van der Waals surface area contributed by atoms with Gasteiger partial charge in [0.1, 0.15) is 13.2 Å². The molecule has 0 radical (unpaired) electrons. The summed E-state index contributed by atoms with van der Waals surface area (Å²) in [5.74, 6) is -0.679. The monoisotopic (exact) mass is 300 g/mol. The van der Waals surface area contributed by atoms with Crippen molar-refractivity contribution in [2.75, 3.05) is 13.2 Å². The van der Waals surface area contributed by atoms with Gasteiger partial charge in [0.05, 0.1) is 5.41 Å². The van der Waals surface area contributed by atoms with E-state index in [-0.39, 0.29) is 25.2 Å². The molecule has 0 aromatic heterocycles. The highest BCUT2D eigenvalue weighted by molar-refractivity contribution is 5.75. The zero-order valence-corrected chi connectivity index (χ0v) is 12.9. The van der Waals surface area contributed by atoms with E-state index in [4.69, 9.17) is 9.47 Å². The first kappa shape index (κ1) is 16.0. The number of carbonyl (C=O) groups is 2. The number of carbonyl (C=O) groups excluding carboxylic acids is 2. The van der Waals surface area contributed by atoms with Crippen LogP contribution in [0.2, 0.25) is 0 Å². The van der Waals surface area contributed by atoms with E-state index in [0.29, 0.717) is 6.42 Å². The van der Waals surface area contributed by atoms with Crippen molar-refractivity contribution >= 4 is 17.5 Å². The van der Waals surface area contributed by atoms with Crippen LogP contribution in [-0.4, -0.2) is 25.2 Å². The lowest BCUT2D eigenvalue weighted by molar-refractivity contribution is -0.149. The molecule has 0 bridgehead atoms. The zero-order valence-electron chi connectivity index (χ0n) is 12.9. The van der Waals surface area contributed by atoms with Gasteiger partial charge in [-0.2, -0.15) is 0 Å². The highest BCUT2D eigenvalue weighted by atomic mass is 16.5. The van der Waals surface area contributed by atoms with Crippen molar-refractivity contribution in [2.45, 2.75) is 20.3 Å². The highest BCUT2D eigenvalue weighted by Gasteiger charge is 2.31. The molecule has 0 heterocycles. The van der Waals surface area contributed by atoms with Crippen molar-refractivity contribution in [3.63, 3.8) is 0 Å². The van der Waals surface area contributed by atoms with Crippen LogP contribution in [0.3, 0.4) is 0 Å². The summed E-state index contributed by atoms with van der Waals surface area (Å²) in [6.07, 6.45) is 6.70. The third-order valence-electron chi connectivity index (χ3n) is 3.58. The third kappa shape index (κ3) is 4.32. The highest BCUT2D eigenvalue weighted by Crippen LogP contribution is 2.34. The van der Waals surface area contributed by atoms with Crippen LogP contribution in [0.15, 0.2) is 48.6 Å². The van der Waals surface area contributed by atoms with Gasteiger partial charge in [-0.25, -0.2) is 0 Å². The summed E-state index contributed by atoms with van der Waals surface area (Å²) in [5.41, 5.74) is 1.75. The molecule has 4 heteroatoms. The van der Waals surface area contributed by atoms with Crippen molar-refractivity contribution in [3.05, 3.63) is 54.1 Å². The average Bonchev–Trinajstić information content (AvgIpc) is 2.53. The molecule has 0 aliphatic heterocycles. The molecule has 0 saturated carbocycles. The van der Waals surface area contributed by atoms with Gasteiger partial charge in [0.15, 0.2) is 0 Å². The molecular formula is C18H20O4. The summed E-state index contributed by atoms with van der Waals surface area (Å²) < 4.78 is 10.3. The first-order chi connectivity index (χ1) is 10.5. The largest absolute Gasteiger partial charge is 0.465 e. The Morgan fingerprint density at radius 2 is 1.64 bits per heavy atom. The predicted molar refractivity (Wildman–Crippen MR) is 83.9 cm³/mol. The molecule has 0 unspecified atom stereocenters. The van der Waals surface area contributed by atoms with Crippen LogP contribution in [0.5, 0.6) is 0 Å². The second-order valence-corrected chi connectivity index (χ2v) is 5.49. The molecule has 0 fully saturated rings. The van der Waals surface area contributed by atoms with Crippen molar-refractivity contribution in [1.29, 1.82) is 0 Å². The molecule has 2 rings (SSSR count). The molecule has 0 atom stereocenters. The third-order valence-corrected chi connectivity index (χ3v) is 3.58. The van der Waals surface area contributed by atoms with E-state index in [9.17, 15) is 9.59 Å². The van der Waals surface area contributed by atoms with Gasteiger partial charge >= 0.3 is 11.9 Å². The number of esters is 2. The van der Waals surface area contributed by atoms with E-state index in [1.807, 2.05) is 42.5 Å². The minimum atomic E-state index is -0.490. The Hall–Kier alpha value is -2.36. The van der Waals surface area contributed by atoms with Gasteiger partial charge in [0, 0.05) is 13.8 Å². The predicted octanol–water partition coefficient (Wildman–Crippen LogP) is 3.14. The molecule has 1 aromatic carbocycles. The van der Waals surface area contributed by atoms with E-state index in [1.165, 1.54) is 13.8 Å². The fourth-order valence-corrected chi connectivity index (χ4v) is 2.31. The average molecular weight is 300 g/mol. The fourth-order valence-electron chi connectivity index (χ4n) is 2.31. The SMILES string of the molecule is CC(=O)OCC1(COC(C)=O)C=CC(c2ccccc2)=CC1. The maximum atomic E-state index is 11.1. The Labute approximate surface area is 130 Å². The lowest BCUT2D eigenvalue weighted by Crippen LogP contribution is -2.32. The second kappa shape index (κ2) is 7.07. The molecule has 1 aliphatic rings. The summed E-state index contributed by atoms with van der Waals surface area (Å²) in [6.45, 7) is 3.14. The van der Waals surface area contributed by atoms with Gasteiger partial charge in [0.2, 0.25) is 0 Å². The van der Waals surface area contributed by atoms with Crippen LogP contribution >= 0.6 is 0 Å². The quantitative estimate of drug-likeness (QED) is 0.784. The lowest BCUT2D eigenvalue weighted by Gasteiger charge is -2.31. The molecule has 0 N–H and O–H groups in total. The molecule has 1 aromatic rings. The van der Waals surface area contributed by atoms with Gasteiger partial charge in [-0.05, 0) is 17.6 Å². The molecule has 4 nitrogen and oxygen atoms in total. The van der Waals surface area contributed by atoms with Crippen molar-refractivity contribution in [1.82, 2.24) is 0 Å². The summed E-state index contributed by atoms with van der Waals surface area (Å²) >= 11 is 0. The van der Waals surface area contributed by atoms with E-state index < -0.39 is 5.41 Å². The van der Waals surface area contributed by atoms with Crippen molar-refractivity contribution < 1.29 is 19.1 Å². The molecule has 0 spiro atoms. The Kier molecular flexibility index (Phi) is 5.15. The minimum Gasteiger partial charge on any atom is -0.465 e. The van der Waals surface area contributed by atoms with Gasteiger partial charge in [-0.3, -0.25) is 9.59 Å². The van der Waals surface area contributed by atoms with Gasteiger partial charge in [0.25, 0.3) is 0 Å². The summed E-state index contributed by atoms with van der Waals surface area (Å²) in [6, 6.07) is 10.0. The number of allylic oxidation sites excluding steroid dienone is 3. The summed E-state index contributed by atoms with van der Waals surface area (Å²) in [4.78, 5) is 22.2. The van der Waals surface area contributed by atoms with Crippen molar-refractivity contribution in [3.8, 4) is 0 Å². The van der Waals surface area contributed by atoms with Crippen molar-refractivity contribution in [2.24, 2.45) is 5.41 Å². The normalized spacial score (nSPS) is 15.8.